The Kier molecular flexibility index (Phi) is 4.55. The molecule has 2 aromatic rings. The van der Waals surface area contributed by atoms with Crippen LogP contribution < -0.4 is 5.32 Å². The van der Waals surface area contributed by atoms with Crippen LogP contribution in [0.15, 0.2) is 47.8 Å². The molecule has 1 aromatic carbocycles. The fourth-order valence-electron chi connectivity index (χ4n) is 3.61. The maximum absolute atomic E-state index is 12.8. The summed E-state index contributed by atoms with van der Waals surface area (Å²) in [6.07, 6.45) is 0.549. The number of nitrogens with one attached hydrogen (secondary N) is 1. The maximum Gasteiger partial charge on any atom is 0.246 e. The number of piperazine rings is 2. The van der Waals surface area contributed by atoms with Gasteiger partial charge in [0.2, 0.25) is 11.8 Å². The van der Waals surface area contributed by atoms with Crippen LogP contribution in [-0.2, 0) is 22.6 Å². The normalized spacial score (nSPS) is 24.1. The summed E-state index contributed by atoms with van der Waals surface area (Å²) in [5.41, 5.74) is 1.07. The van der Waals surface area contributed by atoms with E-state index in [4.69, 9.17) is 0 Å². The molecule has 2 aliphatic heterocycles. The molecule has 2 amide bonds. The highest BCUT2D eigenvalue weighted by molar-refractivity contribution is 7.09. The second kappa shape index (κ2) is 6.98. The Morgan fingerprint density at radius 1 is 1.08 bits per heavy atom. The number of thiophene rings is 1. The second-order valence-corrected chi connectivity index (χ2v) is 7.65. The molecule has 0 spiro atoms. The first-order valence-electron chi connectivity index (χ1n) is 8.60. The fourth-order valence-corrected chi connectivity index (χ4v) is 4.36. The van der Waals surface area contributed by atoms with E-state index in [2.05, 4.69) is 21.7 Å². The van der Waals surface area contributed by atoms with E-state index < -0.39 is 6.04 Å². The van der Waals surface area contributed by atoms with Gasteiger partial charge in [0, 0.05) is 37.5 Å². The first-order valence-corrected chi connectivity index (χ1v) is 9.48. The molecule has 6 heteroatoms. The van der Waals surface area contributed by atoms with Gasteiger partial charge >= 0.3 is 0 Å². The van der Waals surface area contributed by atoms with Crippen LogP contribution >= 0.6 is 11.3 Å². The second-order valence-electron chi connectivity index (χ2n) is 6.61. The average molecular weight is 355 g/mol. The molecular formula is C19H21N3O2S. The third kappa shape index (κ3) is 3.45. The molecule has 5 nitrogen and oxygen atoms in total. The highest BCUT2D eigenvalue weighted by Crippen LogP contribution is 2.20. The SMILES string of the molecule is O=C1N[C@H](Cc2ccccc2)C(=O)N2CCN(Cc3cccs3)C[C@H]12. The number of amides is 2. The van der Waals surface area contributed by atoms with Gasteiger partial charge in [-0.1, -0.05) is 36.4 Å². The Morgan fingerprint density at radius 2 is 1.92 bits per heavy atom. The molecule has 2 fully saturated rings. The van der Waals surface area contributed by atoms with Crippen molar-refractivity contribution >= 4 is 23.2 Å². The predicted octanol–water partition coefficient (Wildman–Crippen LogP) is 1.50. The Labute approximate surface area is 151 Å². The van der Waals surface area contributed by atoms with E-state index in [-0.39, 0.29) is 17.9 Å². The summed E-state index contributed by atoms with van der Waals surface area (Å²) in [5.74, 6) is 0.0145. The van der Waals surface area contributed by atoms with Gasteiger partial charge in [0.1, 0.15) is 12.1 Å². The average Bonchev–Trinajstić information content (AvgIpc) is 3.13. The highest BCUT2D eigenvalue weighted by atomic mass is 32.1. The Hall–Kier alpha value is -2.18. The lowest BCUT2D eigenvalue weighted by atomic mass is 9.98. The lowest BCUT2D eigenvalue weighted by molar-refractivity contribution is -0.153. The summed E-state index contributed by atoms with van der Waals surface area (Å²) in [4.78, 5) is 30.7. The lowest BCUT2D eigenvalue weighted by Gasteiger charge is -2.45. The summed E-state index contributed by atoms with van der Waals surface area (Å²) in [6.45, 7) is 2.88. The van der Waals surface area contributed by atoms with Crippen LogP contribution in [0.25, 0.3) is 0 Å². The number of carbonyl (C=O) groups excluding carboxylic acids is 2. The van der Waals surface area contributed by atoms with Crippen molar-refractivity contribution in [2.45, 2.75) is 25.0 Å². The standard InChI is InChI=1S/C19H21N3O2S/c23-18-17-13-21(12-15-7-4-10-25-15)8-9-22(17)19(24)16(20-18)11-14-5-2-1-3-6-14/h1-7,10,16-17H,8-9,11-13H2,(H,20,23)/t16-,17-/m1/s1. The number of nitrogens with zero attached hydrogens (tertiary/aromatic N) is 2. The predicted molar refractivity (Wildman–Crippen MR) is 97.2 cm³/mol. The van der Waals surface area contributed by atoms with Crippen molar-refractivity contribution in [3.05, 3.63) is 58.3 Å². The largest absolute Gasteiger partial charge is 0.342 e. The van der Waals surface area contributed by atoms with Gasteiger partial charge in [-0.05, 0) is 17.0 Å². The van der Waals surface area contributed by atoms with Crippen molar-refractivity contribution in [2.24, 2.45) is 0 Å². The summed E-state index contributed by atoms with van der Waals surface area (Å²) in [5, 5.41) is 5.01. The van der Waals surface area contributed by atoms with Crippen LogP contribution in [0.5, 0.6) is 0 Å². The third-order valence-electron chi connectivity index (χ3n) is 4.91. The Balaban J connectivity index is 1.43. The van der Waals surface area contributed by atoms with Gasteiger partial charge in [-0.3, -0.25) is 14.5 Å². The van der Waals surface area contributed by atoms with Crippen molar-refractivity contribution < 1.29 is 9.59 Å². The number of rotatable bonds is 4. The molecule has 0 bridgehead atoms. The molecule has 0 saturated carbocycles. The number of hydrogen-bond acceptors (Lipinski definition) is 4. The van der Waals surface area contributed by atoms with Crippen LogP contribution in [-0.4, -0.2) is 53.3 Å². The summed E-state index contributed by atoms with van der Waals surface area (Å²) in [6, 6.07) is 13.2. The smallest absolute Gasteiger partial charge is 0.246 e. The fraction of sp³-hybridized carbons (Fsp3) is 0.368. The molecule has 2 atom stereocenters. The first-order chi connectivity index (χ1) is 12.2. The summed E-state index contributed by atoms with van der Waals surface area (Å²) < 4.78 is 0. The van der Waals surface area contributed by atoms with E-state index in [1.807, 2.05) is 36.4 Å². The van der Waals surface area contributed by atoms with Gasteiger partial charge in [0.15, 0.2) is 0 Å². The molecule has 0 unspecified atom stereocenters. The molecule has 1 aromatic heterocycles. The molecule has 25 heavy (non-hydrogen) atoms. The van der Waals surface area contributed by atoms with Gasteiger partial charge in [0.25, 0.3) is 0 Å². The van der Waals surface area contributed by atoms with E-state index >= 15 is 0 Å². The van der Waals surface area contributed by atoms with Gasteiger partial charge in [-0.15, -0.1) is 11.3 Å². The summed E-state index contributed by atoms with van der Waals surface area (Å²) in [7, 11) is 0. The van der Waals surface area contributed by atoms with Gasteiger partial charge in [0.05, 0.1) is 0 Å². The van der Waals surface area contributed by atoms with Gasteiger partial charge < -0.3 is 10.2 Å². The summed E-state index contributed by atoms with van der Waals surface area (Å²) >= 11 is 1.73. The lowest BCUT2D eigenvalue weighted by Crippen LogP contribution is -2.69. The van der Waals surface area contributed by atoms with Crippen LogP contribution in [0.4, 0.5) is 0 Å². The number of carbonyl (C=O) groups is 2. The van der Waals surface area contributed by atoms with E-state index in [9.17, 15) is 9.59 Å². The van der Waals surface area contributed by atoms with Crippen LogP contribution in [0, 0.1) is 0 Å². The molecule has 1 N–H and O–H groups in total. The van der Waals surface area contributed by atoms with Gasteiger partial charge in [-0.2, -0.15) is 0 Å². The molecule has 0 aliphatic carbocycles. The third-order valence-corrected chi connectivity index (χ3v) is 5.77. The van der Waals surface area contributed by atoms with Crippen molar-refractivity contribution in [2.75, 3.05) is 19.6 Å². The monoisotopic (exact) mass is 355 g/mol. The van der Waals surface area contributed by atoms with Crippen LogP contribution in [0.3, 0.4) is 0 Å². The van der Waals surface area contributed by atoms with E-state index in [0.29, 0.717) is 19.5 Å². The van der Waals surface area contributed by atoms with Gasteiger partial charge in [-0.25, -0.2) is 0 Å². The van der Waals surface area contributed by atoms with E-state index in [1.165, 1.54) is 4.88 Å². The van der Waals surface area contributed by atoms with Crippen molar-refractivity contribution in [3.8, 4) is 0 Å². The first kappa shape index (κ1) is 16.3. The molecule has 3 heterocycles. The van der Waals surface area contributed by atoms with Crippen molar-refractivity contribution in [1.29, 1.82) is 0 Å². The molecular weight excluding hydrogens is 334 g/mol. The van der Waals surface area contributed by atoms with Crippen molar-refractivity contribution in [1.82, 2.24) is 15.1 Å². The quantitative estimate of drug-likeness (QED) is 0.904. The topological polar surface area (TPSA) is 52.7 Å². The molecule has 2 saturated heterocycles. The highest BCUT2D eigenvalue weighted by Gasteiger charge is 2.43. The zero-order valence-electron chi connectivity index (χ0n) is 13.9. The molecule has 4 rings (SSSR count). The zero-order chi connectivity index (χ0) is 17.2. The Bertz CT molecular complexity index is 747. The van der Waals surface area contributed by atoms with Crippen LogP contribution in [0.1, 0.15) is 10.4 Å². The minimum Gasteiger partial charge on any atom is -0.342 e. The van der Waals surface area contributed by atoms with E-state index in [1.54, 1.807) is 16.2 Å². The minimum atomic E-state index is -0.449. The van der Waals surface area contributed by atoms with Crippen LogP contribution in [0.2, 0.25) is 0 Å². The number of fused-ring (bicyclic) bond motifs is 1. The minimum absolute atomic E-state index is 0.0311. The molecule has 2 aliphatic rings. The zero-order valence-corrected chi connectivity index (χ0v) is 14.7. The van der Waals surface area contributed by atoms with Crippen molar-refractivity contribution in [3.63, 3.8) is 0 Å². The number of hydrogen-bond donors (Lipinski definition) is 1. The molecule has 0 radical (unpaired) electrons. The molecule has 130 valence electrons. The Morgan fingerprint density at radius 3 is 2.68 bits per heavy atom. The van der Waals surface area contributed by atoms with E-state index in [0.717, 1.165) is 18.7 Å². The number of benzene rings is 1. The maximum atomic E-state index is 12.8.